The molecule has 0 atom stereocenters. The van der Waals surface area contributed by atoms with Gasteiger partial charge in [0.15, 0.2) is 17.3 Å². The highest BCUT2D eigenvalue weighted by atomic mass is 31.2. The van der Waals surface area contributed by atoms with Gasteiger partial charge in [-0.2, -0.15) is 0 Å². The van der Waals surface area contributed by atoms with Crippen molar-refractivity contribution in [1.29, 1.82) is 0 Å². The predicted molar refractivity (Wildman–Crippen MR) is 46.3 cm³/mol. The smallest absolute Gasteiger partial charge is 0.382 e. The molecule has 0 aromatic rings. The summed E-state index contributed by atoms with van der Waals surface area (Å²) in [5.41, 5.74) is 5.61. The van der Waals surface area contributed by atoms with Gasteiger partial charge in [-0.25, -0.2) is 23.9 Å². The summed E-state index contributed by atoms with van der Waals surface area (Å²) in [5.74, 6) is 0.105. The number of hydrogen-bond acceptors (Lipinski definition) is 5. The summed E-state index contributed by atoms with van der Waals surface area (Å²) >= 11 is 0. The van der Waals surface area contributed by atoms with Crippen molar-refractivity contribution < 1.29 is 14.4 Å². The van der Waals surface area contributed by atoms with Gasteiger partial charge < -0.3 is 15.5 Å². The van der Waals surface area contributed by atoms with Gasteiger partial charge in [0.25, 0.3) is 0 Å². The van der Waals surface area contributed by atoms with Crippen molar-refractivity contribution in [2.45, 2.75) is 0 Å². The van der Waals surface area contributed by atoms with Crippen molar-refractivity contribution in [3.63, 3.8) is 0 Å². The van der Waals surface area contributed by atoms with Crippen LogP contribution in [0.3, 0.4) is 0 Å². The predicted octanol–water partition coefficient (Wildman–Crippen LogP) is -0.699. The fraction of sp³-hybridized carbons (Fsp3) is 0. The second-order valence-corrected chi connectivity index (χ2v) is 3.99. The minimum Gasteiger partial charge on any atom is -0.382 e. The van der Waals surface area contributed by atoms with Gasteiger partial charge in [-0.05, 0) is 0 Å². The van der Waals surface area contributed by atoms with Gasteiger partial charge in [0.1, 0.15) is 12.7 Å². The van der Waals surface area contributed by atoms with Crippen LogP contribution in [0.4, 0.5) is 5.82 Å². The molecule has 0 amide bonds. The van der Waals surface area contributed by atoms with E-state index in [9.17, 15) is 4.57 Å². The van der Waals surface area contributed by atoms with E-state index in [4.69, 9.17) is 15.5 Å². The van der Waals surface area contributed by atoms with Gasteiger partial charge in [0.05, 0.1) is 0 Å². The van der Waals surface area contributed by atoms with Crippen LogP contribution in [0.1, 0.15) is 0 Å². The van der Waals surface area contributed by atoms with Crippen LogP contribution in [0.2, 0.25) is 0 Å². The second-order valence-electron chi connectivity index (χ2n) is 2.53. The molecule has 0 fully saturated rings. The zero-order valence-electron chi connectivity index (χ0n) is 6.77. The van der Waals surface area contributed by atoms with Crippen molar-refractivity contribution in [2.24, 2.45) is 0 Å². The summed E-state index contributed by atoms with van der Waals surface area (Å²) in [6.45, 7) is 0. The lowest BCUT2D eigenvalue weighted by atomic mass is 10.4. The van der Waals surface area contributed by atoms with Crippen LogP contribution < -0.4 is 5.73 Å². The summed E-state index contributed by atoms with van der Waals surface area (Å²) < 4.78 is 11.6. The molecule has 4 N–H and O–H groups in total. The number of aromatic nitrogens is 4. The van der Waals surface area contributed by atoms with Crippen LogP contribution in [0.15, 0.2) is 12.7 Å². The van der Waals surface area contributed by atoms with Gasteiger partial charge in [-0.15, -0.1) is 0 Å². The maximum atomic E-state index is 11.0. The van der Waals surface area contributed by atoms with E-state index in [1.807, 2.05) is 0 Å². The van der Waals surface area contributed by atoms with Crippen LogP contribution in [0, 0.1) is 0 Å². The highest BCUT2D eigenvalue weighted by Crippen LogP contribution is 2.41. The molecule has 14 heavy (non-hydrogen) atoms. The molecule has 2 aliphatic heterocycles. The molecule has 2 aliphatic rings. The van der Waals surface area contributed by atoms with Gasteiger partial charge in [0, 0.05) is 0 Å². The molecule has 2 rings (SSSR count). The number of imidazole rings is 1. The normalized spacial score (nSPS) is 12.1. The average Bonchev–Trinajstić information content (AvgIpc) is 2.50. The second kappa shape index (κ2) is 2.74. The Bertz CT molecular complexity index is 490. The Morgan fingerprint density at radius 1 is 1.36 bits per heavy atom. The molecule has 0 spiro atoms. The summed E-state index contributed by atoms with van der Waals surface area (Å²) in [6, 6.07) is 0. The Kier molecular flexibility index (Phi) is 1.78. The topological polar surface area (TPSA) is 127 Å². The minimum atomic E-state index is -4.45. The SMILES string of the molecule is Nc1ncn(P(=O)(O)O)c2ncnc1-2. The van der Waals surface area contributed by atoms with E-state index < -0.39 is 7.75 Å². The van der Waals surface area contributed by atoms with E-state index in [1.165, 1.54) is 0 Å². The van der Waals surface area contributed by atoms with Crippen LogP contribution in [-0.4, -0.2) is 29.1 Å². The van der Waals surface area contributed by atoms with Gasteiger partial charge in [-0.3, -0.25) is 0 Å². The van der Waals surface area contributed by atoms with Crippen LogP contribution in [-0.2, 0) is 4.57 Å². The molecule has 2 heterocycles. The molecule has 0 aromatic carbocycles. The van der Waals surface area contributed by atoms with Crippen molar-refractivity contribution in [1.82, 2.24) is 19.3 Å². The first-order valence-corrected chi connectivity index (χ1v) is 5.06. The van der Waals surface area contributed by atoms with Crippen molar-refractivity contribution in [3.05, 3.63) is 12.7 Å². The van der Waals surface area contributed by atoms with E-state index >= 15 is 0 Å². The third-order valence-corrected chi connectivity index (χ3v) is 2.48. The molecule has 0 unspecified atom stereocenters. The molecule has 0 saturated heterocycles. The highest BCUT2D eigenvalue weighted by molar-refractivity contribution is 7.50. The van der Waals surface area contributed by atoms with E-state index in [2.05, 4.69) is 15.0 Å². The molecule has 74 valence electrons. The lowest BCUT2D eigenvalue weighted by Crippen LogP contribution is -2.06. The lowest BCUT2D eigenvalue weighted by Gasteiger charge is -2.11. The molecule has 0 saturated carbocycles. The first-order chi connectivity index (χ1) is 6.50. The molecular weight excluding hydrogens is 209 g/mol. The fourth-order valence-corrected chi connectivity index (χ4v) is 1.61. The van der Waals surface area contributed by atoms with E-state index in [0.29, 0.717) is 4.34 Å². The van der Waals surface area contributed by atoms with Gasteiger partial charge in [0.2, 0.25) is 0 Å². The number of fused-ring (bicyclic) bond motifs is 1. The largest absolute Gasteiger partial charge is 0.436 e. The zero-order valence-corrected chi connectivity index (χ0v) is 7.67. The molecule has 0 radical (unpaired) electrons. The van der Waals surface area contributed by atoms with Gasteiger partial charge in [-0.1, -0.05) is 0 Å². The van der Waals surface area contributed by atoms with E-state index in [0.717, 1.165) is 12.7 Å². The molecule has 8 nitrogen and oxygen atoms in total. The van der Waals surface area contributed by atoms with Crippen molar-refractivity contribution >= 4 is 13.6 Å². The number of anilines is 1. The summed E-state index contributed by atoms with van der Waals surface area (Å²) in [4.78, 5) is 28.9. The summed E-state index contributed by atoms with van der Waals surface area (Å²) in [7, 11) is -4.45. The number of nitrogens with two attached hydrogens (primary N) is 1. The summed E-state index contributed by atoms with van der Waals surface area (Å²) in [6.07, 6.45) is 2.10. The number of rotatable bonds is 1. The molecule has 9 heteroatoms. The Balaban J connectivity index is 2.76. The number of nitrogen functional groups attached to an aromatic ring is 1. The first-order valence-electron chi connectivity index (χ1n) is 3.50. The number of nitrogens with zero attached hydrogens (tertiary/aromatic N) is 4. The third kappa shape index (κ3) is 1.25. The molecule has 0 bridgehead atoms. The standard InChI is InChI=1S/C5H6N5O3P/c6-4-3-5(8-1-7-3)10(2-9-4)14(11,12)13/h1-2H,6H2,(H2,11,12,13). The first kappa shape index (κ1) is 9.07. The van der Waals surface area contributed by atoms with Crippen LogP contribution >= 0.6 is 7.75 Å². The molecular formula is C5H6N5O3P. The summed E-state index contributed by atoms with van der Waals surface area (Å²) in [5, 5.41) is 0. The molecule has 0 aliphatic carbocycles. The number of hydrogen-bond donors (Lipinski definition) is 3. The van der Waals surface area contributed by atoms with Crippen LogP contribution in [0.25, 0.3) is 11.5 Å². The highest BCUT2D eigenvalue weighted by Gasteiger charge is 2.24. The van der Waals surface area contributed by atoms with Crippen molar-refractivity contribution in [2.75, 3.05) is 5.73 Å². The maximum Gasteiger partial charge on any atom is 0.436 e. The lowest BCUT2D eigenvalue weighted by molar-refractivity contribution is 0.360. The Morgan fingerprint density at radius 2 is 2.07 bits per heavy atom. The minimum absolute atomic E-state index is 0.0193. The average molecular weight is 215 g/mol. The monoisotopic (exact) mass is 215 g/mol. The van der Waals surface area contributed by atoms with E-state index in [1.54, 1.807) is 0 Å². The Morgan fingerprint density at radius 3 is 2.71 bits per heavy atom. The molecule has 0 aromatic heterocycles. The third-order valence-electron chi connectivity index (χ3n) is 1.63. The van der Waals surface area contributed by atoms with E-state index in [-0.39, 0.29) is 17.3 Å². The Hall–Kier alpha value is -1.50. The van der Waals surface area contributed by atoms with Gasteiger partial charge >= 0.3 is 7.75 Å². The fourth-order valence-electron chi connectivity index (χ4n) is 1.03. The zero-order chi connectivity index (χ0) is 10.3. The van der Waals surface area contributed by atoms with Crippen molar-refractivity contribution in [3.8, 4) is 11.5 Å². The van der Waals surface area contributed by atoms with Crippen LogP contribution in [0.5, 0.6) is 0 Å². The Labute approximate surface area is 78.0 Å². The maximum absolute atomic E-state index is 11.0. The quantitative estimate of drug-likeness (QED) is 0.536.